The molecule has 5 nitrogen and oxygen atoms in total. The fraction of sp³-hybridized carbons (Fsp3) is 0.120. The Hall–Kier alpha value is -3.38. The molecule has 0 unspecified atom stereocenters. The van der Waals surface area contributed by atoms with Gasteiger partial charge in [-0.3, -0.25) is 4.79 Å². The number of nitrogens with zero attached hydrogens (tertiary/aromatic N) is 1. The van der Waals surface area contributed by atoms with Gasteiger partial charge in [0.1, 0.15) is 17.2 Å². The van der Waals surface area contributed by atoms with Gasteiger partial charge in [0.2, 0.25) is 5.91 Å². The molecule has 31 heavy (non-hydrogen) atoms. The molecule has 156 valence electrons. The predicted molar refractivity (Wildman–Crippen MR) is 127 cm³/mol. The van der Waals surface area contributed by atoms with Crippen LogP contribution < -0.4 is 10.1 Å². The van der Waals surface area contributed by atoms with Crippen LogP contribution in [-0.2, 0) is 4.79 Å². The van der Waals surface area contributed by atoms with Gasteiger partial charge in [-0.05, 0) is 54.8 Å². The van der Waals surface area contributed by atoms with Crippen LogP contribution in [0.15, 0.2) is 76.0 Å². The van der Waals surface area contributed by atoms with Gasteiger partial charge < -0.3 is 14.5 Å². The van der Waals surface area contributed by atoms with Crippen molar-refractivity contribution in [2.75, 3.05) is 12.4 Å². The maximum atomic E-state index is 12.5. The summed E-state index contributed by atoms with van der Waals surface area (Å²) in [6.07, 6.45) is 5.00. The van der Waals surface area contributed by atoms with Crippen LogP contribution in [0.2, 0.25) is 0 Å². The normalized spacial score (nSPS) is 11.5. The van der Waals surface area contributed by atoms with E-state index in [1.807, 2.05) is 56.3 Å². The molecule has 1 N–H and O–H groups in total. The van der Waals surface area contributed by atoms with E-state index in [0.717, 1.165) is 43.3 Å². The number of halogens is 1. The Morgan fingerprint density at radius 3 is 2.61 bits per heavy atom. The third-order valence-corrected chi connectivity index (χ3v) is 5.51. The number of amides is 1. The maximum Gasteiger partial charge on any atom is 0.249 e. The van der Waals surface area contributed by atoms with Crippen molar-refractivity contribution in [3.8, 4) is 16.9 Å². The van der Waals surface area contributed by atoms with Crippen LogP contribution in [0.25, 0.3) is 27.7 Å². The van der Waals surface area contributed by atoms with E-state index in [1.165, 1.54) is 0 Å². The lowest BCUT2D eigenvalue weighted by molar-refractivity contribution is -0.111. The number of aromatic nitrogens is 1. The summed E-state index contributed by atoms with van der Waals surface area (Å²) in [6.45, 7) is 3.83. The highest BCUT2D eigenvalue weighted by molar-refractivity contribution is 9.10. The molecule has 4 aromatic rings. The van der Waals surface area contributed by atoms with E-state index < -0.39 is 0 Å². The average Bonchev–Trinajstić information content (AvgIpc) is 3.17. The zero-order valence-electron chi connectivity index (χ0n) is 17.4. The van der Waals surface area contributed by atoms with Gasteiger partial charge in [0.15, 0.2) is 0 Å². The molecule has 6 heteroatoms. The van der Waals surface area contributed by atoms with Crippen molar-refractivity contribution in [3.63, 3.8) is 0 Å². The fourth-order valence-corrected chi connectivity index (χ4v) is 3.63. The molecule has 2 heterocycles. The average molecular weight is 477 g/mol. The molecule has 0 aliphatic heterocycles. The molecule has 0 fully saturated rings. The molecule has 2 aromatic carbocycles. The Bertz CT molecular complexity index is 1270. The number of carbonyl (C=O) groups excluding carboxylic acids is 1. The molecule has 0 aliphatic carbocycles. The number of anilines is 1. The predicted octanol–water partition coefficient (Wildman–Crippen LogP) is 6.62. The minimum atomic E-state index is -0.253. The second kappa shape index (κ2) is 8.78. The first-order chi connectivity index (χ1) is 14.9. The second-order valence-corrected chi connectivity index (χ2v) is 8.16. The fourth-order valence-electron chi connectivity index (χ4n) is 3.36. The van der Waals surface area contributed by atoms with Crippen molar-refractivity contribution in [1.82, 2.24) is 4.98 Å². The topological polar surface area (TPSA) is 64.4 Å². The lowest BCUT2D eigenvalue weighted by Crippen LogP contribution is -2.10. The summed E-state index contributed by atoms with van der Waals surface area (Å²) < 4.78 is 12.4. The molecule has 0 saturated carbocycles. The van der Waals surface area contributed by atoms with Crippen molar-refractivity contribution in [2.24, 2.45) is 0 Å². The van der Waals surface area contributed by atoms with E-state index in [9.17, 15) is 4.79 Å². The molecule has 0 spiro atoms. The van der Waals surface area contributed by atoms with Crippen LogP contribution in [0.5, 0.6) is 5.75 Å². The zero-order valence-corrected chi connectivity index (χ0v) is 19.0. The number of nitrogens with one attached hydrogen (secondary N) is 1. The highest BCUT2D eigenvalue weighted by atomic mass is 79.9. The molecule has 0 atom stereocenters. The van der Waals surface area contributed by atoms with Crippen LogP contribution in [0.3, 0.4) is 0 Å². The molecule has 2 aromatic heterocycles. The summed E-state index contributed by atoms with van der Waals surface area (Å²) in [7, 11) is 1.60. The van der Waals surface area contributed by atoms with Crippen molar-refractivity contribution in [3.05, 3.63) is 82.7 Å². The zero-order chi connectivity index (χ0) is 22.0. The van der Waals surface area contributed by atoms with Crippen molar-refractivity contribution in [1.29, 1.82) is 0 Å². The summed E-state index contributed by atoms with van der Waals surface area (Å²) in [5, 5.41) is 3.74. The number of pyridine rings is 1. The second-order valence-electron chi connectivity index (χ2n) is 7.24. The number of methoxy groups -OCH3 is 1. The van der Waals surface area contributed by atoms with Crippen molar-refractivity contribution in [2.45, 2.75) is 13.8 Å². The van der Waals surface area contributed by atoms with E-state index in [1.54, 1.807) is 31.7 Å². The molecule has 0 radical (unpaired) electrons. The van der Waals surface area contributed by atoms with Gasteiger partial charge in [-0.2, -0.15) is 0 Å². The van der Waals surface area contributed by atoms with Crippen molar-refractivity contribution < 1.29 is 13.9 Å². The van der Waals surface area contributed by atoms with Crippen LogP contribution >= 0.6 is 15.9 Å². The first-order valence-electron chi connectivity index (χ1n) is 9.72. The van der Waals surface area contributed by atoms with Crippen molar-refractivity contribution >= 4 is 44.2 Å². The largest absolute Gasteiger partial charge is 0.496 e. The molecule has 0 aliphatic rings. The van der Waals surface area contributed by atoms with Crippen LogP contribution in [0.1, 0.15) is 18.1 Å². The maximum absolute atomic E-state index is 12.5. The van der Waals surface area contributed by atoms with Crippen LogP contribution in [0, 0.1) is 6.92 Å². The number of allylic oxidation sites excluding steroid dienone is 1. The molecule has 0 bridgehead atoms. The summed E-state index contributed by atoms with van der Waals surface area (Å²) in [5.41, 5.74) is 5.37. The van der Waals surface area contributed by atoms with E-state index in [2.05, 4.69) is 26.2 Å². The van der Waals surface area contributed by atoms with Crippen LogP contribution in [-0.4, -0.2) is 18.0 Å². The minimum absolute atomic E-state index is 0.253. The Labute approximate surface area is 188 Å². The monoisotopic (exact) mass is 476 g/mol. The summed E-state index contributed by atoms with van der Waals surface area (Å²) in [4.78, 5) is 16.7. The lowest BCUT2D eigenvalue weighted by atomic mass is 9.99. The molecule has 0 saturated heterocycles. The van der Waals surface area contributed by atoms with Gasteiger partial charge in [0, 0.05) is 39.3 Å². The van der Waals surface area contributed by atoms with Gasteiger partial charge >= 0.3 is 0 Å². The summed E-state index contributed by atoms with van der Waals surface area (Å²) in [5.74, 6) is 0.893. The van der Waals surface area contributed by atoms with E-state index in [-0.39, 0.29) is 5.91 Å². The number of furan rings is 1. The number of carbonyl (C=O) groups is 1. The Morgan fingerprint density at radius 2 is 1.94 bits per heavy atom. The number of hydrogen-bond acceptors (Lipinski definition) is 4. The molecule has 1 amide bonds. The van der Waals surface area contributed by atoms with E-state index >= 15 is 0 Å². The highest BCUT2D eigenvalue weighted by Crippen LogP contribution is 2.37. The smallest absolute Gasteiger partial charge is 0.249 e. The lowest BCUT2D eigenvalue weighted by Gasteiger charge is -2.10. The van der Waals surface area contributed by atoms with Gasteiger partial charge in [-0.1, -0.05) is 34.1 Å². The van der Waals surface area contributed by atoms with E-state index in [4.69, 9.17) is 9.15 Å². The Kier molecular flexibility index (Phi) is 5.91. The first kappa shape index (κ1) is 20.9. The SMILES string of the molecule is COc1cc2occ(-c3ccc(Br)cc3)c2cc1/C(C)=C/C(=O)Nc1ccc(C)cn1. The van der Waals surface area contributed by atoms with Gasteiger partial charge in [0.25, 0.3) is 0 Å². The molecular weight excluding hydrogens is 456 g/mol. The van der Waals surface area contributed by atoms with E-state index in [0.29, 0.717) is 11.6 Å². The van der Waals surface area contributed by atoms with Gasteiger partial charge in [-0.15, -0.1) is 0 Å². The summed E-state index contributed by atoms with van der Waals surface area (Å²) in [6, 6.07) is 15.6. The molecule has 4 rings (SSSR count). The highest BCUT2D eigenvalue weighted by Gasteiger charge is 2.15. The Balaban J connectivity index is 1.70. The minimum Gasteiger partial charge on any atom is -0.496 e. The quantitative estimate of drug-likeness (QED) is 0.328. The standard InChI is InChI=1S/C25H21BrN2O3/c1-15-4-9-24(27-13-15)28-25(29)10-16(2)19-11-20-21(17-5-7-18(26)8-6-17)14-31-23(20)12-22(19)30-3/h4-14H,1-3H3,(H,27,28,29)/b16-10+. The van der Waals surface area contributed by atoms with Gasteiger partial charge in [-0.25, -0.2) is 4.98 Å². The van der Waals surface area contributed by atoms with Gasteiger partial charge in [0.05, 0.1) is 13.4 Å². The summed E-state index contributed by atoms with van der Waals surface area (Å²) >= 11 is 3.47. The number of benzene rings is 2. The Morgan fingerprint density at radius 1 is 1.16 bits per heavy atom. The number of rotatable bonds is 5. The number of aryl methyl sites for hydroxylation is 1. The first-order valence-corrected chi connectivity index (χ1v) is 10.5. The molecular formula is C25H21BrN2O3. The number of ether oxygens (including phenoxy) is 1. The number of hydrogen-bond donors (Lipinski definition) is 1. The third-order valence-electron chi connectivity index (χ3n) is 4.99. The number of fused-ring (bicyclic) bond motifs is 1. The van der Waals surface area contributed by atoms with Crippen LogP contribution in [0.4, 0.5) is 5.82 Å². The third kappa shape index (κ3) is 4.54.